The molecule has 0 saturated heterocycles. The molecule has 23 heavy (non-hydrogen) atoms. The second-order valence-electron chi connectivity index (χ2n) is 5.56. The minimum absolute atomic E-state index is 0.263. The summed E-state index contributed by atoms with van der Waals surface area (Å²) in [7, 11) is 0. The van der Waals surface area contributed by atoms with E-state index >= 15 is 0 Å². The Kier molecular flexibility index (Phi) is 4.17. The molecule has 3 aromatic rings. The van der Waals surface area contributed by atoms with Gasteiger partial charge in [-0.2, -0.15) is 0 Å². The minimum Gasteiger partial charge on any atom is -0.507 e. The zero-order valence-electron chi connectivity index (χ0n) is 13.1. The van der Waals surface area contributed by atoms with E-state index in [1.807, 2.05) is 36.4 Å². The molecule has 0 spiro atoms. The maximum absolute atomic E-state index is 9.95. The molecule has 116 valence electrons. The molecule has 0 fully saturated rings. The third kappa shape index (κ3) is 3.27. The zero-order valence-corrected chi connectivity index (χ0v) is 13.9. The van der Waals surface area contributed by atoms with Crippen LogP contribution >= 0.6 is 12.2 Å². The summed E-state index contributed by atoms with van der Waals surface area (Å²) in [4.78, 5) is 0. The quantitative estimate of drug-likeness (QED) is 0.583. The fourth-order valence-corrected chi connectivity index (χ4v) is 2.73. The number of thiocarbonyl (C=S) groups is 1. The van der Waals surface area contributed by atoms with E-state index in [4.69, 9.17) is 12.2 Å². The highest BCUT2D eigenvalue weighted by Crippen LogP contribution is 2.29. The van der Waals surface area contributed by atoms with Crippen LogP contribution in [0.1, 0.15) is 11.1 Å². The van der Waals surface area contributed by atoms with Crippen molar-refractivity contribution in [2.45, 2.75) is 13.8 Å². The van der Waals surface area contributed by atoms with Gasteiger partial charge in [0.25, 0.3) is 0 Å². The summed E-state index contributed by atoms with van der Waals surface area (Å²) < 4.78 is 0. The number of benzene rings is 3. The largest absolute Gasteiger partial charge is 0.507 e. The van der Waals surface area contributed by atoms with Crippen molar-refractivity contribution < 1.29 is 5.11 Å². The fourth-order valence-electron chi connectivity index (χ4n) is 2.51. The fraction of sp³-hybridized carbons (Fsp3) is 0.105. The molecule has 0 aliphatic carbocycles. The van der Waals surface area contributed by atoms with Gasteiger partial charge in [0.1, 0.15) is 5.75 Å². The first kappa shape index (κ1) is 15.3. The topological polar surface area (TPSA) is 44.3 Å². The summed E-state index contributed by atoms with van der Waals surface area (Å²) in [6, 6.07) is 17.3. The molecule has 0 aliphatic heterocycles. The van der Waals surface area contributed by atoms with Crippen LogP contribution in [0.5, 0.6) is 5.75 Å². The van der Waals surface area contributed by atoms with Gasteiger partial charge >= 0.3 is 0 Å². The summed E-state index contributed by atoms with van der Waals surface area (Å²) in [6.45, 7) is 4.16. The SMILES string of the molecule is Cc1ccc(NC(=S)Nc2cccc3c(O)cccc23)cc1C. The summed E-state index contributed by atoms with van der Waals surface area (Å²) in [5.41, 5.74) is 4.28. The Morgan fingerprint density at radius 3 is 2.39 bits per heavy atom. The molecule has 3 nitrogen and oxygen atoms in total. The van der Waals surface area contributed by atoms with Crippen molar-refractivity contribution in [3.05, 3.63) is 65.7 Å². The number of rotatable bonds is 2. The van der Waals surface area contributed by atoms with E-state index in [2.05, 4.69) is 36.6 Å². The second-order valence-corrected chi connectivity index (χ2v) is 5.96. The Morgan fingerprint density at radius 2 is 1.61 bits per heavy atom. The van der Waals surface area contributed by atoms with Crippen molar-refractivity contribution in [2.24, 2.45) is 0 Å². The normalized spacial score (nSPS) is 10.5. The number of hydrogen-bond acceptors (Lipinski definition) is 2. The molecule has 0 unspecified atom stereocenters. The molecule has 0 atom stereocenters. The maximum Gasteiger partial charge on any atom is 0.175 e. The van der Waals surface area contributed by atoms with Gasteiger partial charge in [0.2, 0.25) is 0 Å². The van der Waals surface area contributed by atoms with Crippen molar-refractivity contribution in [3.8, 4) is 5.75 Å². The van der Waals surface area contributed by atoms with Crippen molar-refractivity contribution in [3.63, 3.8) is 0 Å². The van der Waals surface area contributed by atoms with E-state index in [0.717, 1.165) is 22.1 Å². The maximum atomic E-state index is 9.95. The molecule has 0 aliphatic rings. The molecule has 3 rings (SSSR count). The monoisotopic (exact) mass is 322 g/mol. The molecular formula is C19H18N2OS. The summed E-state index contributed by atoms with van der Waals surface area (Å²) in [6.07, 6.45) is 0. The van der Waals surface area contributed by atoms with Gasteiger partial charge in [-0.25, -0.2) is 0 Å². The van der Waals surface area contributed by atoms with E-state index in [-0.39, 0.29) is 5.75 Å². The lowest BCUT2D eigenvalue weighted by Crippen LogP contribution is -2.19. The number of fused-ring (bicyclic) bond motifs is 1. The molecule has 0 amide bonds. The van der Waals surface area contributed by atoms with E-state index < -0.39 is 0 Å². The molecule has 3 aromatic carbocycles. The van der Waals surface area contributed by atoms with E-state index in [0.29, 0.717) is 5.11 Å². The van der Waals surface area contributed by atoms with Crippen molar-refractivity contribution in [1.29, 1.82) is 0 Å². The molecule has 0 radical (unpaired) electrons. The van der Waals surface area contributed by atoms with Crippen LogP contribution in [-0.2, 0) is 0 Å². The van der Waals surface area contributed by atoms with E-state index in [9.17, 15) is 5.11 Å². The summed E-state index contributed by atoms with van der Waals surface area (Å²) in [5.74, 6) is 0.263. The van der Waals surface area contributed by atoms with Gasteiger partial charge in [-0.1, -0.05) is 30.3 Å². The molecule has 3 N–H and O–H groups in total. The first-order valence-corrected chi connectivity index (χ1v) is 7.81. The number of anilines is 2. The van der Waals surface area contributed by atoms with Crippen LogP contribution in [0.4, 0.5) is 11.4 Å². The minimum atomic E-state index is 0.263. The number of phenols is 1. The van der Waals surface area contributed by atoms with Crippen LogP contribution < -0.4 is 10.6 Å². The third-order valence-corrected chi connectivity index (χ3v) is 4.12. The zero-order chi connectivity index (χ0) is 16.4. The first-order chi connectivity index (χ1) is 11.0. The van der Waals surface area contributed by atoms with E-state index in [1.54, 1.807) is 6.07 Å². The first-order valence-electron chi connectivity index (χ1n) is 7.40. The lowest BCUT2D eigenvalue weighted by Gasteiger charge is -2.14. The molecule has 0 aromatic heterocycles. The highest BCUT2D eigenvalue weighted by atomic mass is 32.1. The van der Waals surface area contributed by atoms with Gasteiger partial charge in [-0.15, -0.1) is 0 Å². The molecule has 4 heteroatoms. The predicted octanol–water partition coefficient (Wildman–Crippen LogP) is 4.97. The van der Waals surface area contributed by atoms with Crippen LogP contribution in [-0.4, -0.2) is 10.2 Å². The standard InChI is InChI=1S/C19H18N2OS/c1-12-9-10-14(11-13(12)2)20-19(23)21-17-7-3-6-16-15(17)5-4-8-18(16)22/h3-11,22H,1-2H3,(H2,20,21,23). The Balaban J connectivity index is 1.83. The molecular weight excluding hydrogens is 304 g/mol. The van der Waals surface area contributed by atoms with Crippen LogP contribution in [0.2, 0.25) is 0 Å². The van der Waals surface area contributed by atoms with Crippen LogP contribution in [0.3, 0.4) is 0 Å². The van der Waals surface area contributed by atoms with Crippen LogP contribution in [0.15, 0.2) is 54.6 Å². The molecule has 0 bridgehead atoms. The Labute approximate surface area is 141 Å². The van der Waals surface area contributed by atoms with Crippen molar-refractivity contribution in [1.82, 2.24) is 0 Å². The number of aromatic hydroxyl groups is 1. The van der Waals surface area contributed by atoms with Crippen LogP contribution in [0.25, 0.3) is 10.8 Å². The van der Waals surface area contributed by atoms with Gasteiger partial charge < -0.3 is 15.7 Å². The molecule has 0 heterocycles. The Hall–Kier alpha value is -2.59. The van der Waals surface area contributed by atoms with Gasteiger partial charge in [0.05, 0.1) is 0 Å². The average Bonchev–Trinajstić information content (AvgIpc) is 2.52. The summed E-state index contributed by atoms with van der Waals surface area (Å²) in [5, 5.41) is 18.6. The third-order valence-electron chi connectivity index (χ3n) is 3.91. The highest BCUT2D eigenvalue weighted by Gasteiger charge is 2.06. The number of nitrogens with one attached hydrogen (secondary N) is 2. The lowest BCUT2D eigenvalue weighted by molar-refractivity contribution is 0.481. The summed E-state index contributed by atoms with van der Waals surface area (Å²) >= 11 is 5.41. The van der Waals surface area contributed by atoms with E-state index in [1.165, 1.54) is 11.1 Å². The highest BCUT2D eigenvalue weighted by molar-refractivity contribution is 7.80. The van der Waals surface area contributed by atoms with Gasteiger partial charge in [0.15, 0.2) is 5.11 Å². The van der Waals surface area contributed by atoms with Gasteiger partial charge in [-0.05, 0) is 61.5 Å². The van der Waals surface area contributed by atoms with Gasteiger partial charge in [-0.3, -0.25) is 0 Å². The van der Waals surface area contributed by atoms with Crippen molar-refractivity contribution in [2.75, 3.05) is 10.6 Å². The number of phenolic OH excluding ortho intramolecular Hbond substituents is 1. The average molecular weight is 322 g/mol. The van der Waals surface area contributed by atoms with Crippen molar-refractivity contribution >= 4 is 39.5 Å². The lowest BCUT2D eigenvalue weighted by atomic mass is 10.1. The number of hydrogen-bond donors (Lipinski definition) is 3. The second kappa shape index (κ2) is 6.26. The van der Waals surface area contributed by atoms with Gasteiger partial charge in [0, 0.05) is 22.1 Å². The number of aryl methyl sites for hydroxylation is 2. The van der Waals surface area contributed by atoms with Crippen LogP contribution in [0, 0.1) is 13.8 Å². The molecule has 0 saturated carbocycles. The Bertz CT molecular complexity index is 890. The predicted molar refractivity (Wildman–Crippen MR) is 101 cm³/mol. The smallest absolute Gasteiger partial charge is 0.175 e. The Morgan fingerprint density at radius 1 is 0.870 bits per heavy atom.